The van der Waals surface area contributed by atoms with Crippen LogP contribution in [0.5, 0.6) is 0 Å². The molecule has 57 nitrogen and oxygen atoms in total. The summed E-state index contributed by atoms with van der Waals surface area (Å²) in [5, 5.41) is 104. The van der Waals surface area contributed by atoms with Gasteiger partial charge in [-0.25, -0.2) is 53.1 Å². The number of carbonyl (C=O) groups excluding carboxylic acids is 2. The molecule has 62 heteroatoms. The highest BCUT2D eigenvalue weighted by Crippen LogP contribution is 2.48. The average Bonchev–Trinajstić information content (AvgIpc) is 1.18. The van der Waals surface area contributed by atoms with E-state index in [2.05, 4.69) is 59.4 Å². The number of urea groups is 1. The van der Waals surface area contributed by atoms with E-state index in [0.29, 0.717) is 31.6 Å². The quantitative estimate of drug-likeness (QED) is 0.0104. The van der Waals surface area contributed by atoms with Gasteiger partial charge in [0.1, 0.15) is 54.9 Å². The van der Waals surface area contributed by atoms with Crippen molar-refractivity contribution in [2.45, 2.75) is 262 Å². The number of methoxy groups -OCH3 is 6. The van der Waals surface area contributed by atoms with Gasteiger partial charge in [0.2, 0.25) is 5.91 Å². The molecule has 14 N–H and O–H groups in total. The first-order valence-electron chi connectivity index (χ1n) is 39.4. The third-order valence-electron chi connectivity index (χ3n) is 24.0. The second-order valence-electron chi connectivity index (χ2n) is 31.5. The van der Waals surface area contributed by atoms with E-state index in [9.17, 15) is 98.1 Å². The zero-order valence-electron chi connectivity index (χ0n) is 70.1. The molecule has 1 saturated carbocycles. The Balaban J connectivity index is 1.05. The summed E-state index contributed by atoms with van der Waals surface area (Å²) in [5.41, 5.74) is -2.52. The Hall–Kier alpha value is -2.87. The van der Waals surface area contributed by atoms with Crippen LogP contribution in [0.3, 0.4) is 0 Å². The van der Waals surface area contributed by atoms with Crippen LogP contribution in [0, 0.1) is 41.4 Å². The molecule has 0 aromatic carbocycles. The Labute approximate surface area is 731 Å². The molecule has 9 rings (SSSR count). The van der Waals surface area contributed by atoms with E-state index in [4.69, 9.17) is 113 Å². The average molecular weight is 1960 g/mol. The number of unbranched alkanes of at least 4 members (excludes halogenated alkanes) is 1. The summed E-state index contributed by atoms with van der Waals surface area (Å²) < 4.78 is 267. The van der Waals surface area contributed by atoms with Crippen molar-refractivity contribution in [2.75, 3.05) is 94.6 Å². The predicted octanol–water partition coefficient (Wildman–Crippen LogP) is -1.92. The van der Waals surface area contributed by atoms with Crippen molar-refractivity contribution in [3.63, 3.8) is 0 Å². The molecule has 9 aliphatic rings. The van der Waals surface area contributed by atoms with E-state index in [0.717, 1.165) is 6.92 Å². The zero-order chi connectivity index (χ0) is 93.4. The van der Waals surface area contributed by atoms with E-state index in [1.807, 2.05) is 20.8 Å². The Morgan fingerprint density at radius 2 is 0.929 bits per heavy atom. The summed E-state index contributed by atoms with van der Waals surface area (Å²) in [5.74, 6) is -5.61. The first kappa shape index (κ1) is 108. The summed E-state index contributed by atoms with van der Waals surface area (Å²) in [7, 11) is -14.0. The molecule has 8 saturated heterocycles. The molecule has 0 aromatic heterocycles. The lowest BCUT2D eigenvalue weighted by molar-refractivity contribution is -0.592. The van der Waals surface area contributed by atoms with Gasteiger partial charge in [-0.1, -0.05) is 71.3 Å². The predicted molar refractivity (Wildman–Crippen MR) is 400 cm³/mol. The van der Waals surface area contributed by atoms with Crippen molar-refractivity contribution in [2.24, 2.45) is 41.4 Å². The number of fused-ring (bicyclic) bond motifs is 1. The Bertz CT molecular complexity index is 3830. The molecule has 17 unspecified atom stereocenters. The van der Waals surface area contributed by atoms with Crippen LogP contribution in [0.2, 0.25) is 0 Å². The number of amides is 3. The fraction of sp³-hybridized carbons (Fsp3) is 0.969. The second-order valence-corrected chi connectivity index (χ2v) is 37.1. The van der Waals surface area contributed by atoms with Gasteiger partial charge >= 0.3 is 47.6 Å². The lowest BCUT2D eigenvalue weighted by Crippen LogP contribution is -2.71. The Kier molecular flexibility index (Phi) is 41.4. The van der Waals surface area contributed by atoms with E-state index in [-0.39, 0.29) is 85.3 Å². The van der Waals surface area contributed by atoms with Gasteiger partial charge in [0, 0.05) is 102 Å². The van der Waals surface area contributed by atoms with Gasteiger partial charge in [-0.3, -0.25) is 23.0 Å². The molecular formula is C65H113N3O54S5. The highest BCUT2D eigenvalue weighted by molar-refractivity contribution is 8.00. The topological polar surface area (TPSA) is 734 Å². The van der Waals surface area contributed by atoms with Crippen LogP contribution < -0.4 is 16.0 Å². The molecule has 8 heterocycles. The van der Waals surface area contributed by atoms with E-state index < -0.39 is 251 Å². The standard InChI is InChI=1S/C65H113N3O54S5/c1-26-27(2)59(105-44-28(3)45(94-11)33(93-10)17-31(44)19-90-7)102-36(20-91-8)46(26)107-61-48(95-12)29(4)47(37(103-61)21-92-9)106-60-30(5)65(6,71)58(34(100-60)18-66-41(69)16-14-13-15-40-43-32(25-123-40)67-64(70)68-43)109-63-57(116-127(87,88)89)53(112-119-74)49(38(104-63)23-97-125(81,82)83)108-62-56(115-122-77)52(111-118-73)42(35(101-62)22-96-124(78,79)80)51-55(114-121-76)54(113-120-75)50(110-117-72)39(99-51)24-98-126(84,85)86/h26-40,42-63,71-77H,13-25H2,1-12H3,(H,66,69)(H2,67,68,70)(H,78,79,80)(H,81,82,83)(H,84,85,86)(H,87,88,89)/t26?,27?,28?,29-,30?,31+,32?,33-,34?,35+,36+,37?,38+,39+,40?,42-,43?,44-,45?,46-,47+,48?,49+,50+,51-,52?,53?,54?,55?,56?,57?,58-,59+,60-,61-,62+,63+,65-/m0/s1. The molecule has 38 atom stereocenters. The van der Waals surface area contributed by atoms with Crippen LogP contribution in [-0.4, -0.2) is 384 Å². The fourth-order valence-corrected chi connectivity index (χ4v) is 20.7. The minimum atomic E-state index is -6.08. The maximum Gasteiger partial charge on any atom is 0.397 e. The molecule has 0 spiro atoms. The van der Waals surface area contributed by atoms with Crippen molar-refractivity contribution in [1.82, 2.24) is 16.0 Å². The Morgan fingerprint density at radius 1 is 0.465 bits per heavy atom. The minimum Gasteiger partial charge on any atom is -0.387 e. The number of aliphatic hydroxyl groups is 1. The maximum atomic E-state index is 14.2. The molecule has 8 aliphatic heterocycles. The van der Waals surface area contributed by atoms with Crippen molar-refractivity contribution < 1.29 is 255 Å². The summed E-state index contributed by atoms with van der Waals surface area (Å²) in [6.45, 7) is 4.80. The molecular weight excluding hydrogens is 1850 g/mol. The Morgan fingerprint density at radius 3 is 1.49 bits per heavy atom. The van der Waals surface area contributed by atoms with Gasteiger partial charge < -0.3 is 102 Å². The second kappa shape index (κ2) is 48.7. The van der Waals surface area contributed by atoms with Crippen LogP contribution in [0.4, 0.5) is 4.79 Å². The van der Waals surface area contributed by atoms with E-state index >= 15 is 0 Å². The third-order valence-corrected chi connectivity index (χ3v) is 27.2. The van der Waals surface area contributed by atoms with E-state index in [1.54, 1.807) is 40.0 Å². The third kappa shape index (κ3) is 28.0. The summed E-state index contributed by atoms with van der Waals surface area (Å²) >= 11 is 1.64. The van der Waals surface area contributed by atoms with Crippen LogP contribution in [0.1, 0.15) is 73.6 Å². The molecule has 0 radical (unpaired) electrons. The first-order valence-corrected chi connectivity index (χ1v) is 45.9. The lowest BCUT2D eigenvalue weighted by Gasteiger charge is -2.54. The number of thioether (sulfide) groups is 1. The molecule has 0 bridgehead atoms. The first-order chi connectivity index (χ1) is 60.1. The van der Waals surface area contributed by atoms with Crippen LogP contribution >= 0.6 is 11.8 Å². The number of hydrogen-bond donors (Lipinski definition) is 14. The number of rotatable bonds is 50. The van der Waals surface area contributed by atoms with E-state index in [1.165, 1.54) is 28.3 Å². The van der Waals surface area contributed by atoms with Crippen molar-refractivity contribution in [3.05, 3.63) is 0 Å². The lowest BCUT2D eigenvalue weighted by atomic mass is 9.75. The highest BCUT2D eigenvalue weighted by atomic mass is 32.3. The smallest absolute Gasteiger partial charge is 0.387 e. The van der Waals surface area contributed by atoms with Crippen LogP contribution in [0.25, 0.3) is 0 Å². The van der Waals surface area contributed by atoms with Crippen LogP contribution in [0.15, 0.2) is 0 Å². The van der Waals surface area contributed by atoms with Gasteiger partial charge in [0.05, 0.1) is 100 Å². The minimum absolute atomic E-state index is 0.000617. The van der Waals surface area contributed by atoms with Gasteiger partial charge in [-0.2, -0.15) is 74.8 Å². The maximum absolute atomic E-state index is 14.2. The number of nitrogens with one attached hydrogen (secondary N) is 3. The normalized spacial score (nSPS) is 41.2. The largest absolute Gasteiger partial charge is 0.397 e. The van der Waals surface area contributed by atoms with Gasteiger partial charge in [0.25, 0.3) is 0 Å². The van der Waals surface area contributed by atoms with Crippen molar-refractivity contribution >= 4 is 65.3 Å². The van der Waals surface area contributed by atoms with Gasteiger partial charge in [-0.05, 0) is 32.1 Å². The number of ether oxygens (including phenoxy) is 17. The molecule has 3 amide bonds. The monoisotopic (exact) mass is 1960 g/mol. The SMILES string of the molecule is COCC1O[C@@H](O[C@H]2C(C)C(C)[C@@H](O[C@H]3C(C)C(OC)[C@@H](OC)C[C@@H]3COC)O[C@@H]2COC)C(OC)[C@@H](C)[C@H]1O[C@@H]1OC(CNC(=O)CCCCC2SCC3NC(=O)NC32)[C@H](O[C@H]2O[C@H](COS(=O)(=O)O)[C@@H](O[C@H]3O[C@H](COS(=O)(=O)O)[C@@H]([C@@H]4O[C@H](COS(=O)(=O)O)[C@@H](OOO)C(OOO)C4OOO)C(OOO)C3OOO)C(OOO)C2OS(=O)(=O)O)[C@@](C)(O)C1C. The number of hydrogen-bond acceptors (Lipinski definition) is 51. The van der Waals surface area contributed by atoms with Crippen molar-refractivity contribution in [1.29, 1.82) is 0 Å². The summed E-state index contributed by atoms with van der Waals surface area (Å²) in [4.78, 5) is 55.8. The van der Waals surface area contributed by atoms with Crippen LogP contribution in [-0.2, 0) is 203 Å². The van der Waals surface area contributed by atoms with Gasteiger partial charge in [-0.15, -0.1) is 0 Å². The highest BCUT2D eigenvalue weighted by Gasteiger charge is 2.65. The van der Waals surface area contributed by atoms with Gasteiger partial charge in [0.15, 0.2) is 68.1 Å². The fourth-order valence-electron chi connectivity index (χ4n) is 17.8. The molecule has 742 valence electrons. The van der Waals surface area contributed by atoms with Crippen molar-refractivity contribution in [3.8, 4) is 0 Å². The summed E-state index contributed by atoms with van der Waals surface area (Å²) in [6, 6.07) is -0.574. The number of carbonyl (C=O) groups is 2. The molecule has 1 aliphatic carbocycles. The molecule has 0 aromatic rings. The molecule has 127 heavy (non-hydrogen) atoms. The summed E-state index contributed by atoms with van der Waals surface area (Å²) in [6.07, 6.45) is -48.3. The zero-order valence-corrected chi connectivity index (χ0v) is 74.2. The molecule has 9 fully saturated rings.